The minimum atomic E-state index is -4.79. The molecule has 0 aliphatic heterocycles. The third-order valence-electron chi connectivity index (χ3n) is 3.12. The van der Waals surface area contributed by atoms with Crippen LogP contribution in [-0.2, 0) is 0 Å². The molecule has 1 heterocycles. The third-order valence-corrected chi connectivity index (χ3v) is 3.12. The smallest absolute Gasteiger partial charge is 0.481 e. The molecular weight excluding hydrogens is 302 g/mol. The summed E-state index contributed by atoms with van der Waals surface area (Å²) in [7, 11) is 1.38. The molecule has 1 aromatic heterocycles. The van der Waals surface area contributed by atoms with Crippen molar-refractivity contribution >= 4 is 21.7 Å². The van der Waals surface area contributed by atoms with Crippen molar-refractivity contribution in [3.8, 4) is 11.6 Å². The van der Waals surface area contributed by atoms with Gasteiger partial charge in [0.15, 0.2) is 0 Å². The Morgan fingerprint density at radius 1 is 0.955 bits per heavy atom. The number of pyridine rings is 1. The first-order valence-corrected chi connectivity index (χ1v) is 6.20. The number of hydrogen-bond acceptors (Lipinski definition) is 3. The molecule has 0 aliphatic rings. The molecule has 3 rings (SSSR count). The molecule has 7 heteroatoms. The number of fused-ring (bicyclic) bond motifs is 3. The van der Waals surface area contributed by atoms with Gasteiger partial charge in [-0.15, -0.1) is 13.2 Å². The van der Waals surface area contributed by atoms with Gasteiger partial charge in [0.2, 0.25) is 5.88 Å². The van der Waals surface area contributed by atoms with Gasteiger partial charge in [-0.05, 0) is 30.3 Å². The second kappa shape index (κ2) is 5.01. The van der Waals surface area contributed by atoms with Gasteiger partial charge in [0.1, 0.15) is 11.6 Å². The van der Waals surface area contributed by atoms with Crippen molar-refractivity contribution in [2.24, 2.45) is 0 Å². The summed E-state index contributed by atoms with van der Waals surface area (Å²) in [6.45, 7) is 0. The van der Waals surface area contributed by atoms with Gasteiger partial charge in [0, 0.05) is 22.2 Å². The Balaban J connectivity index is 2.30. The van der Waals surface area contributed by atoms with E-state index in [1.165, 1.54) is 43.5 Å². The maximum atomic E-state index is 13.3. The summed E-state index contributed by atoms with van der Waals surface area (Å²) in [4.78, 5) is 4.16. The number of aromatic nitrogens is 1. The minimum absolute atomic E-state index is 0.201. The molecule has 0 bridgehead atoms. The lowest BCUT2D eigenvalue weighted by Gasteiger charge is -2.12. The average Bonchev–Trinajstić information content (AvgIpc) is 2.44. The number of alkyl halides is 3. The Kier molecular flexibility index (Phi) is 3.27. The van der Waals surface area contributed by atoms with E-state index < -0.39 is 12.2 Å². The Labute approximate surface area is 122 Å². The third kappa shape index (κ3) is 2.61. The second-order valence-electron chi connectivity index (χ2n) is 4.54. The topological polar surface area (TPSA) is 31.4 Å². The summed E-state index contributed by atoms with van der Waals surface area (Å²) in [6.07, 6.45) is -4.79. The molecule has 0 amide bonds. The predicted molar refractivity (Wildman–Crippen MR) is 72.4 cm³/mol. The highest BCUT2D eigenvalue weighted by Crippen LogP contribution is 2.34. The van der Waals surface area contributed by atoms with E-state index in [1.807, 2.05) is 0 Å². The monoisotopic (exact) mass is 311 g/mol. The number of rotatable bonds is 2. The Morgan fingerprint density at radius 3 is 2.36 bits per heavy atom. The van der Waals surface area contributed by atoms with Crippen LogP contribution in [0.2, 0.25) is 0 Å². The molecule has 0 N–H and O–H groups in total. The van der Waals surface area contributed by atoms with E-state index in [2.05, 4.69) is 9.72 Å². The fourth-order valence-electron chi connectivity index (χ4n) is 2.28. The number of hydrogen-bond donors (Lipinski definition) is 0. The maximum absolute atomic E-state index is 13.3. The van der Waals surface area contributed by atoms with Gasteiger partial charge in [0.05, 0.1) is 12.6 Å². The molecule has 2 aromatic carbocycles. The van der Waals surface area contributed by atoms with Crippen LogP contribution in [-0.4, -0.2) is 18.5 Å². The number of nitrogens with zero attached hydrogens (tertiary/aromatic N) is 1. The van der Waals surface area contributed by atoms with E-state index in [1.54, 1.807) is 0 Å². The van der Waals surface area contributed by atoms with E-state index in [9.17, 15) is 17.6 Å². The summed E-state index contributed by atoms with van der Waals surface area (Å²) in [5, 5.41) is 1.45. The Morgan fingerprint density at radius 2 is 1.68 bits per heavy atom. The summed E-state index contributed by atoms with van der Waals surface area (Å²) in [5.74, 6) is -0.658. The van der Waals surface area contributed by atoms with E-state index >= 15 is 0 Å². The van der Waals surface area contributed by atoms with Crippen LogP contribution in [0, 0.1) is 5.82 Å². The molecule has 3 nitrogen and oxygen atoms in total. The van der Waals surface area contributed by atoms with Crippen LogP contribution in [0.25, 0.3) is 21.7 Å². The molecule has 114 valence electrons. The number of ether oxygens (including phenoxy) is 2. The summed E-state index contributed by atoms with van der Waals surface area (Å²) >= 11 is 0. The van der Waals surface area contributed by atoms with Gasteiger partial charge in [-0.1, -0.05) is 0 Å². The van der Waals surface area contributed by atoms with Gasteiger partial charge in [-0.25, -0.2) is 9.37 Å². The molecule has 0 fully saturated rings. The van der Waals surface area contributed by atoms with E-state index in [4.69, 9.17) is 4.74 Å². The highest BCUT2D eigenvalue weighted by molar-refractivity contribution is 6.08. The van der Waals surface area contributed by atoms with Crippen LogP contribution >= 0.6 is 0 Å². The summed E-state index contributed by atoms with van der Waals surface area (Å²) in [6, 6.07) is 7.69. The van der Waals surface area contributed by atoms with Crippen molar-refractivity contribution in [2.75, 3.05) is 7.11 Å². The number of methoxy groups -OCH3 is 1. The van der Waals surface area contributed by atoms with Crippen LogP contribution in [0.15, 0.2) is 36.4 Å². The van der Waals surface area contributed by atoms with E-state index in [-0.39, 0.29) is 17.1 Å². The standard InChI is InChI=1S/C15H9F4NO2/c1-21-14-11-5-3-9(22-15(17,18)19)7-12(11)10-4-2-8(16)6-13(10)20-14/h2-7H,1H3. The Hall–Kier alpha value is -2.57. The SMILES string of the molecule is COc1nc2cc(F)ccc2c2cc(OC(F)(F)F)ccc12. The van der Waals surface area contributed by atoms with Gasteiger partial charge < -0.3 is 9.47 Å². The lowest BCUT2D eigenvalue weighted by Crippen LogP contribution is -2.17. The molecule has 0 unspecified atom stereocenters. The second-order valence-corrected chi connectivity index (χ2v) is 4.54. The molecule has 0 spiro atoms. The first-order valence-electron chi connectivity index (χ1n) is 6.20. The lowest BCUT2D eigenvalue weighted by molar-refractivity contribution is -0.274. The zero-order valence-electron chi connectivity index (χ0n) is 11.2. The van der Waals surface area contributed by atoms with Crippen LogP contribution < -0.4 is 9.47 Å². The van der Waals surface area contributed by atoms with E-state index in [0.29, 0.717) is 16.2 Å². The number of benzene rings is 2. The fourth-order valence-corrected chi connectivity index (χ4v) is 2.28. The molecular formula is C15H9F4NO2. The first kappa shape index (κ1) is 14.4. The van der Waals surface area contributed by atoms with Crippen LogP contribution in [0.1, 0.15) is 0 Å². The Bertz CT molecular complexity index is 861. The minimum Gasteiger partial charge on any atom is -0.481 e. The van der Waals surface area contributed by atoms with Gasteiger partial charge >= 0.3 is 6.36 Å². The van der Waals surface area contributed by atoms with Crippen LogP contribution in [0.5, 0.6) is 11.6 Å². The lowest BCUT2D eigenvalue weighted by atomic mass is 10.1. The zero-order valence-corrected chi connectivity index (χ0v) is 11.2. The molecule has 3 aromatic rings. The van der Waals surface area contributed by atoms with Gasteiger partial charge in [-0.2, -0.15) is 0 Å². The zero-order chi connectivity index (χ0) is 15.9. The van der Waals surface area contributed by atoms with Crippen LogP contribution in [0.4, 0.5) is 17.6 Å². The van der Waals surface area contributed by atoms with Crippen molar-refractivity contribution < 1.29 is 27.0 Å². The van der Waals surface area contributed by atoms with E-state index in [0.717, 1.165) is 0 Å². The average molecular weight is 311 g/mol. The predicted octanol–water partition coefficient (Wildman–Crippen LogP) is 4.43. The summed E-state index contributed by atoms with van der Waals surface area (Å²) in [5.41, 5.74) is 0.286. The molecule has 22 heavy (non-hydrogen) atoms. The normalized spacial score (nSPS) is 11.9. The molecule has 0 saturated carbocycles. The summed E-state index contributed by atoms with van der Waals surface area (Å²) < 4.78 is 59.4. The van der Waals surface area contributed by atoms with Crippen molar-refractivity contribution in [2.45, 2.75) is 6.36 Å². The molecule has 0 radical (unpaired) electrons. The quantitative estimate of drug-likeness (QED) is 0.518. The van der Waals surface area contributed by atoms with Gasteiger partial charge in [0.25, 0.3) is 0 Å². The maximum Gasteiger partial charge on any atom is 0.573 e. The molecule has 0 saturated heterocycles. The van der Waals surface area contributed by atoms with Crippen LogP contribution in [0.3, 0.4) is 0 Å². The fraction of sp³-hybridized carbons (Fsp3) is 0.133. The highest BCUT2D eigenvalue weighted by Gasteiger charge is 2.31. The number of halogens is 4. The first-order chi connectivity index (χ1) is 10.4. The highest BCUT2D eigenvalue weighted by atomic mass is 19.4. The van der Waals surface area contributed by atoms with Crippen molar-refractivity contribution in [1.29, 1.82) is 0 Å². The van der Waals surface area contributed by atoms with Gasteiger partial charge in [-0.3, -0.25) is 0 Å². The van der Waals surface area contributed by atoms with Crippen molar-refractivity contribution in [1.82, 2.24) is 4.98 Å². The van der Waals surface area contributed by atoms with Crippen molar-refractivity contribution in [3.63, 3.8) is 0 Å². The molecule has 0 aliphatic carbocycles. The largest absolute Gasteiger partial charge is 0.573 e. The molecule has 0 atom stereocenters. The van der Waals surface area contributed by atoms with Crippen molar-refractivity contribution in [3.05, 3.63) is 42.2 Å².